The second kappa shape index (κ2) is 6.66. The van der Waals surface area contributed by atoms with Gasteiger partial charge in [0.05, 0.1) is 5.56 Å². The number of hydrogen-bond donors (Lipinski definition) is 1. The maximum Gasteiger partial charge on any atom is 0.378 e. The van der Waals surface area contributed by atoms with Crippen LogP contribution in [0, 0.1) is 25.2 Å². The van der Waals surface area contributed by atoms with Crippen molar-refractivity contribution in [2.45, 2.75) is 13.8 Å². The molecule has 3 aromatic rings. The van der Waals surface area contributed by atoms with Crippen LogP contribution in [0.25, 0.3) is 5.78 Å². The van der Waals surface area contributed by atoms with Crippen LogP contribution in [0.15, 0.2) is 17.5 Å². The Hall–Kier alpha value is -3.32. The van der Waals surface area contributed by atoms with Crippen molar-refractivity contribution in [1.29, 1.82) is 5.26 Å². The number of carbonyl (C=O) groups excluding carboxylic acids is 2. The van der Waals surface area contributed by atoms with Gasteiger partial charge in [-0.1, -0.05) is 0 Å². The fourth-order valence-corrected chi connectivity index (χ4v) is 2.86. The van der Waals surface area contributed by atoms with Gasteiger partial charge in [0.15, 0.2) is 6.61 Å². The molecule has 9 nitrogen and oxygen atoms in total. The van der Waals surface area contributed by atoms with E-state index in [1.165, 1.54) is 15.9 Å². The lowest BCUT2D eigenvalue weighted by molar-refractivity contribution is -0.119. The number of nitrogens with one attached hydrogen (secondary N) is 1. The summed E-state index contributed by atoms with van der Waals surface area (Å²) in [6.07, 6.45) is 0. The van der Waals surface area contributed by atoms with Crippen LogP contribution in [-0.4, -0.2) is 38.1 Å². The number of hydrogen-bond acceptors (Lipinski definition) is 8. The van der Waals surface area contributed by atoms with Gasteiger partial charge < -0.3 is 10.1 Å². The highest BCUT2D eigenvalue weighted by Gasteiger charge is 2.18. The summed E-state index contributed by atoms with van der Waals surface area (Å²) in [6, 6.07) is 5.35. The van der Waals surface area contributed by atoms with Crippen molar-refractivity contribution >= 4 is 34.0 Å². The fraction of sp³-hybridized carbons (Fsp3) is 0.200. The zero-order valence-corrected chi connectivity index (χ0v) is 14.1. The van der Waals surface area contributed by atoms with Gasteiger partial charge in [0.25, 0.3) is 17.5 Å². The quantitative estimate of drug-likeness (QED) is 0.702. The summed E-state index contributed by atoms with van der Waals surface area (Å²) >= 11 is 1.21. The number of ether oxygens (including phenoxy) is 1. The van der Waals surface area contributed by atoms with Crippen LogP contribution >= 0.6 is 11.3 Å². The predicted molar refractivity (Wildman–Crippen MR) is 88.2 cm³/mol. The summed E-state index contributed by atoms with van der Waals surface area (Å²) in [7, 11) is 0. The first kappa shape index (κ1) is 16.5. The minimum absolute atomic E-state index is 0.178. The molecule has 0 bridgehead atoms. The first-order chi connectivity index (χ1) is 12.0. The molecule has 0 aliphatic carbocycles. The van der Waals surface area contributed by atoms with Crippen LogP contribution in [0.5, 0.6) is 0 Å². The van der Waals surface area contributed by atoms with Crippen molar-refractivity contribution in [3.63, 3.8) is 0 Å². The van der Waals surface area contributed by atoms with E-state index in [0.717, 1.165) is 11.4 Å². The van der Waals surface area contributed by atoms with E-state index in [1.807, 2.05) is 19.9 Å². The van der Waals surface area contributed by atoms with Gasteiger partial charge in [-0.15, -0.1) is 16.4 Å². The molecular weight excluding hydrogens is 344 g/mol. The monoisotopic (exact) mass is 356 g/mol. The third-order valence-corrected chi connectivity index (χ3v) is 4.00. The molecule has 1 N–H and O–H groups in total. The highest BCUT2D eigenvalue weighted by molar-refractivity contribution is 7.14. The molecule has 0 spiro atoms. The summed E-state index contributed by atoms with van der Waals surface area (Å²) in [6.45, 7) is 3.11. The Kier molecular flexibility index (Phi) is 4.40. The number of nitriles is 1. The molecule has 25 heavy (non-hydrogen) atoms. The number of rotatable bonds is 4. The minimum atomic E-state index is -0.829. The third-order valence-electron chi connectivity index (χ3n) is 3.17. The number of aryl methyl sites for hydroxylation is 2. The molecule has 1 amide bonds. The van der Waals surface area contributed by atoms with E-state index in [2.05, 4.69) is 20.4 Å². The van der Waals surface area contributed by atoms with Gasteiger partial charge in [0.1, 0.15) is 11.1 Å². The molecule has 10 heteroatoms. The summed E-state index contributed by atoms with van der Waals surface area (Å²) in [5, 5.41) is 17.5. The van der Waals surface area contributed by atoms with Crippen molar-refractivity contribution in [1.82, 2.24) is 19.6 Å². The SMILES string of the molecule is Cc1cc(C)n2nc(C(=O)OCC(=O)Nc3sccc3C#N)nc2n1. The lowest BCUT2D eigenvalue weighted by Crippen LogP contribution is -2.21. The van der Waals surface area contributed by atoms with Crippen molar-refractivity contribution in [3.05, 3.63) is 40.3 Å². The highest BCUT2D eigenvalue weighted by Crippen LogP contribution is 2.21. The Morgan fingerprint density at radius 3 is 2.96 bits per heavy atom. The average molecular weight is 356 g/mol. The second-order valence-corrected chi connectivity index (χ2v) is 6.00. The summed E-state index contributed by atoms with van der Waals surface area (Å²) in [5.41, 5.74) is 1.87. The van der Waals surface area contributed by atoms with Crippen LogP contribution in [0.1, 0.15) is 27.6 Å². The zero-order valence-electron chi connectivity index (χ0n) is 13.3. The van der Waals surface area contributed by atoms with Crippen LogP contribution in [0.2, 0.25) is 0 Å². The maximum atomic E-state index is 12.0. The van der Waals surface area contributed by atoms with Gasteiger partial charge >= 0.3 is 5.97 Å². The zero-order chi connectivity index (χ0) is 18.0. The van der Waals surface area contributed by atoms with Crippen LogP contribution < -0.4 is 5.32 Å². The first-order valence-corrected chi connectivity index (χ1v) is 8.01. The largest absolute Gasteiger partial charge is 0.450 e. The predicted octanol–water partition coefficient (Wildman–Crippen LogP) is 1.47. The number of aromatic nitrogens is 4. The Labute approximate surface area is 145 Å². The van der Waals surface area contributed by atoms with Crippen molar-refractivity contribution < 1.29 is 14.3 Å². The lowest BCUT2D eigenvalue weighted by Gasteiger charge is -2.03. The number of amides is 1. The molecule has 0 aliphatic heterocycles. The van der Waals surface area contributed by atoms with E-state index in [9.17, 15) is 9.59 Å². The van der Waals surface area contributed by atoms with Gasteiger partial charge in [-0.05, 0) is 31.4 Å². The number of esters is 1. The van der Waals surface area contributed by atoms with E-state index in [1.54, 1.807) is 17.5 Å². The number of thiophene rings is 1. The smallest absolute Gasteiger partial charge is 0.378 e. The standard InChI is InChI=1S/C15H12N6O3S/c1-8-5-9(2)21-15(17-8)19-12(20-21)14(23)24-7-11(22)18-13-10(6-16)3-4-25-13/h3-5H,7H2,1-2H3,(H,18,22). The summed E-state index contributed by atoms with van der Waals surface area (Å²) < 4.78 is 6.34. The van der Waals surface area contributed by atoms with E-state index in [4.69, 9.17) is 10.00 Å². The number of nitrogens with zero attached hydrogens (tertiary/aromatic N) is 5. The van der Waals surface area contributed by atoms with Gasteiger partial charge in [0, 0.05) is 11.4 Å². The van der Waals surface area contributed by atoms with Crippen molar-refractivity contribution in [2.24, 2.45) is 0 Å². The van der Waals surface area contributed by atoms with Gasteiger partial charge in [-0.2, -0.15) is 10.2 Å². The molecule has 3 aromatic heterocycles. The Morgan fingerprint density at radius 2 is 2.20 bits per heavy atom. The van der Waals surface area contributed by atoms with Gasteiger partial charge in [-0.3, -0.25) is 4.79 Å². The Balaban J connectivity index is 1.65. The fourth-order valence-electron chi connectivity index (χ4n) is 2.11. The highest BCUT2D eigenvalue weighted by atomic mass is 32.1. The maximum absolute atomic E-state index is 12.0. The molecule has 0 radical (unpaired) electrons. The topological polar surface area (TPSA) is 122 Å². The normalized spacial score (nSPS) is 10.4. The molecule has 0 fully saturated rings. The van der Waals surface area contributed by atoms with Gasteiger partial charge in [0.2, 0.25) is 0 Å². The first-order valence-electron chi connectivity index (χ1n) is 7.13. The molecule has 126 valence electrons. The van der Waals surface area contributed by atoms with E-state index < -0.39 is 18.5 Å². The summed E-state index contributed by atoms with van der Waals surface area (Å²) in [4.78, 5) is 32.0. The molecule has 0 unspecified atom stereocenters. The van der Waals surface area contributed by atoms with E-state index >= 15 is 0 Å². The molecule has 0 atom stereocenters. The molecule has 0 aliphatic rings. The van der Waals surface area contributed by atoms with Crippen molar-refractivity contribution in [2.75, 3.05) is 11.9 Å². The molecular formula is C15H12N6O3S. The molecule has 3 rings (SSSR count). The van der Waals surface area contributed by atoms with E-state index in [0.29, 0.717) is 10.6 Å². The molecule has 0 saturated carbocycles. The summed E-state index contributed by atoms with van der Waals surface area (Å²) in [5.74, 6) is -1.28. The van der Waals surface area contributed by atoms with Crippen LogP contribution in [-0.2, 0) is 9.53 Å². The number of carbonyl (C=O) groups is 2. The second-order valence-electron chi connectivity index (χ2n) is 5.09. The lowest BCUT2D eigenvalue weighted by atomic mass is 10.3. The molecule has 0 saturated heterocycles. The molecule has 0 aromatic carbocycles. The van der Waals surface area contributed by atoms with Gasteiger partial charge in [-0.25, -0.2) is 14.3 Å². The minimum Gasteiger partial charge on any atom is -0.450 e. The van der Waals surface area contributed by atoms with Crippen molar-refractivity contribution in [3.8, 4) is 6.07 Å². The van der Waals surface area contributed by atoms with Crippen LogP contribution in [0.3, 0.4) is 0 Å². The van der Waals surface area contributed by atoms with Crippen LogP contribution in [0.4, 0.5) is 5.00 Å². The average Bonchev–Trinajstić information content (AvgIpc) is 3.19. The number of anilines is 1. The van der Waals surface area contributed by atoms with E-state index in [-0.39, 0.29) is 11.6 Å². The third kappa shape index (κ3) is 3.46. The number of fused-ring (bicyclic) bond motifs is 1. The Morgan fingerprint density at radius 1 is 1.40 bits per heavy atom. The Bertz CT molecular complexity index is 1020. The molecule has 3 heterocycles.